The van der Waals surface area contributed by atoms with Crippen molar-refractivity contribution in [2.75, 3.05) is 6.61 Å². The lowest BCUT2D eigenvalue weighted by atomic mass is 10.0. The van der Waals surface area contributed by atoms with Gasteiger partial charge in [0.15, 0.2) is 12.4 Å². The first kappa shape index (κ1) is 17.5. The molecule has 0 saturated heterocycles. The molecule has 132 valence electrons. The van der Waals surface area contributed by atoms with E-state index in [-0.39, 0.29) is 18.1 Å². The van der Waals surface area contributed by atoms with Crippen molar-refractivity contribution in [2.24, 2.45) is 0 Å². The minimum absolute atomic E-state index is 0.106. The Labute approximate surface area is 150 Å². The molecule has 0 heterocycles. The summed E-state index contributed by atoms with van der Waals surface area (Å²) in [4.78, 5) is 34.4. The molecule has 0 N–H and O–H groups in total. The van der Waals surface area contributed by atoms with Crippen molar-refractivity contribution in [3.8, 4) is 0 Å². The fourth-order valence-electron chi connectivity index (χ4n) is 2.97. The van der Waals surface area contributed by atoms with Gasteiger partial charge in [0.2, 0.25) is 0 Å². The van der Waals surface area contributed by atoms with Gasteiger partial charge >= 0.3 is 5.97 Å². The topological polar surface area (TPSA) is 86.5 Å². The van der Waals surface area contributed by atoms with Crippen molar-refractivity contribution < 1.29 is 19.2 Å². The highest BCUT2D eigenvalue weighted by molar-refractivity contribution is 5.99. The Balaban J connectivity index is 1.59. The quantitative estimate of drug-likeness (QED) is 0.261. The highest BCUT2D eigenvalue weighted by Crippen LogP contribution is 2.23. The SMILES string of the molecule is O=C(/C=C/c1ccccc1[N+](=O)[O-])OCC(=O)c1ccc2c(c1)CCC2. The zero-order valence-electron chi connectivity index (χ0n) is 14.0. The van der Waals surface area contributed by atoms with Gasteiger partial charge in [0, 0.05) is 17.7 Å². The van der Waals surface area contributed by atoms with Crippen LogP contribution in [-0.2, 0) is 22.4 Å². The number of para-hydroxylation sites is 1. The summed E-state index contributed by atoms with van der Waals surface area (Å²) in [7, 11) is 0. The summed E-state index contributed by atoms with van der Waals surface area (Å²) in [5.74, 6) is -0.996. The van der Waals surface area contributed by atoms with Crippen molar-refractivity contribution in [1.29, 1.82) is 0 Å². The van der Waals surface area contributed by atoms with Gasteiger partial charge in [-0.3, -0.25) is 14.9 Å². The predicted octanol–water partition coefficient (Wildman–Crippen LogP) is 3.52. The fraction of sp³-hybridized carbons (Fsp3) is 0.200. The van der Waals surface area contributed by atoms with Crippen LogP contribution >= 0.6 is 0 Å². The first-order chi connectivity index (χ1) is 12.5. The molecule has 0 atom stereocenters. The normalized spacial score (nSPS) is 12.8. The molecule has 0 aromatic heterocycles. The van der Waals surface area contributed by atoms with Gasteiger partial charge in [-0.2, -0.15) is 0 Å². The van der Waals surface area contributed by atoms with Crippen molar-refractivity contribution in [3.05, 3.63) is 80.9 Å². The Morgan fingerprint density at radius 3 is 2.69 bits per heavy atom. The lowest BCUT2D eigenvalue weighted by Gasteiger charge is -2.05. The third-order valence-electron chi connectivity index (χ3n) is 4.30. The highest BCUT2D eigenvalue weighted by Gasteiger charge is 2.15. The number of esters is 1. The second-order valence-electron chi connectivity index (χ2n) is 6.02. The maximum Gasteiger partial charge on any atom is 0.331 e. The Morgan fingerprint density at radius 1 is 1.12 bits per heavy atom. The van der Waals surface area contributed by atoms with E-state index in [4.69, 9.17) is 4.74 Å². The highest BCUT2D eigenvalue weighted by atomic mass is 16.6. The Bertz CT molecular complexity index is 901. The van der Waals surface area contributed by atoms with Gasteiger partial charge in [-0.05, 0) is 48.6 Å². The monoisotopic (exact) mass is 351 g/mol. The van der Waals surface area contributed by atoms with Gasteiger partial charge in [0.25, 0.3) is 5.69 Å². The zero-order valence-corrected chi connectivity index (χ0v) is 14.0. The van der Waals surface area contributed by atoms with Crippen molar-refractivity contribution in [1.82, 2.24) is 0 Å². The average Bonchev–Trinajstić information content (AvgIpc) is 3.12. The number of rotatable bonds is 6. The fourth-order valence-corrected chi connectivity index (χ4v) is 2.97. The van der Waals surface area contributed by atoms with Crippen molar-refractivity contribution >= 4 is 23.5 Å². The van der Waals surface area contributed by atoms with Crippen molar-refractivity contribution in [3.63, 3.8) is 0 Å². The Morgan fingerprint density at radius 2 is 1.88 bits per heavy atom. The van der Waals surface area contributed by atoms with Crippen molar-refractivity contribution in [2.45, 2.75) is 19.3 Å². The molecule has 6 nitrogen and oxygen atoms in total. The second kappa shape index (κ2) is 7.74. The molecule has 2 aromatic rings. The van der Waals surface area contributed by atoms with E-state index in [1.54, 1.807) is 18.2 Å². The van der Waals surface area contributed by atoms with Gasteiger partial charge in [-0.25, -0.2) is 4.79 Å². The summed E-state index contributed by atoms with van der Waals surface area (Å²) in [6, 6.07) is 11.6. The van der Waals surface area contributed by atoms with Crippen LogP contribution in [0.4, 0.5) is 5.69 Å². The maximum absolute atomic E-state index is 12.2. The summed E-state index contributed by atoms with van der Waals surface area (Å²) >= 11 is 0. The molecule has 26 heavy (non-hydrogen) atoms. The molecule has 0 unspecified atom stereocenters. The third kappa shape index (κ3) is 4.03. The molecule has 0 fully saturated rings. The predicted molar refractivity (Wildman–Crippen MR) is 95.9 cm³/mol. The number of fused-ring (bicyclic) bond motifs is 1. The van der Waals surface area contributed by atoms with E-state index in [0.717, 1.165) is 25.3 Å². The number of hydrogen-bond acceptors (Lipinski definition) is 5. The number of Topliss-reactive ketones (excluding diaryl/α,β-unsaturated/α-hetero) is 1. The van der Waals surface area contributed by atoms with Gasteiger partial charge < -0.3 is 4.74 Å². The second-order valence-corrected chi connectivity index (χ2v) is 6.02. The molecule has 2 aromatic carbocycles. The molecular formula is C20H17NO5. The van der Waals surface area contributed by atoms with E-state index in [2.05, 4.69) is 0 Å². The van der Waals surface area contributed by atoms with Crippen LogP contribution < -0.4 is 0 Å². The van der Waals surface area contributed by atoms with Crippen LogP contribution in [0.3, 0.4) is 0 Å². The van der Waals surface area contributed by atoms with E-state index in [1.165, 1.54) is 29.3 Å². The number of hydrogen-bond donors (Lipinski definition) is 0. The molecule has 0 amide bonds. The van der Waals surface area contributed by atoms with Crippen LogP contribution in [0.15, 0.2) is 48.5 Å². The summed E-state index contributed by atoms with van der Waals surface area (Å²) in [6.45, 7) is -0.362. The van der Waals surface area contributed by atoms with Crippen LogP contribution in [0.25, 0.3) is 6.08 Å². The number of nitro benzene ring substituents is 1. The van der Waals surface area contributed by atoms with Crippen LogP contribution in [-0.4, -0.2) is 23.3 Å². The molecule has 0 saturated carbocycles. The number of carbonyl (C=O) groups is 2. The molecule has 0 spiro atoms. The number of carbonyl (C=O) groups excluding carboxylic acids is 2. The number of nitrogens with zero attached hydrogens (tertiary/aromatic N) is 1. The third-order valence-corrected chi connectivity index (χ3v) is 4.30. The minimum Gasteiger partial charge on any atom is -0.454 e. The number of ether oxygens (including phenoxy) is 1. The molecule has 1 aliphatic rings. The molecule has 0 aliphatic heterocycles. The van der Waals surface area contributed by atoms with E-state index >= 15 is 0 Å². The van der Waals surface area contributed by atoms with Crippen LogP contribution in [0.5, 0.6) is 0 Å². The smallest absolute Gasteiger partial charge is 0.331 e. The van der Waals surface area contributed by atoms with E-state index in [9.17, 15) is 19.7 Å². The summed E-state index contributed by atoms with van der Waals surface area (Å²) in [6.07, 6.45) is 5.49. The molecule has 6 heteroatoms. The van der Waals surface area contributed by atoms with Crippen LogP contribution in [0.1, 0.15) is 33.5 Å². The van der Waals surface area contributed by atoms with Gasteiger partial charge in [0.05, 0.1) is 10.5 Å². The lowest BCUT2D eigenvalue weighted by molar-refractivity contribution is -0.385. The van der Waals surface area contributed by atoms with Crippen LogP contribution in [0.2, 0.25) is 0 Å². The zero-order chi connectivity index (χ0) is 18.5. The molecule has 0 radical (unpaired) electrons. The Kier molecular flexibility index (Phi) is 5.22. The Hall–Kier alpha value is -3.28. The van der Waals surface area contributed by atoms with E-state index < -0.39 is 10.9 Å². The maximum atomic E-state index is 12.2. The number of benzene rings is 2. The van der Waals surface area contributed by atoms with E-state index in [0.29, 0.717) is 11.1 Å². The van der Waals surface area contributed by atoms with Gasteiger partial charge in [-0.1, -0.05) is 24.3 Å². The summed E-state index contributed by atoms with van der Waals surface area (Å²) in [5.41, 5.74) is 3.16. The first-order valence-corrected chi connectivity index (χ1v) is 8.28. The summed E-state index contributed by atoms with van der Waals surface area (Å²) < 4.78 is 4.95. The molecular weight excluding hydrogens is 334 g/mol. The summed E-state index contributed by atoms with van der Waals surface area (Å²) in [5, 5.41) is 10.9. The minimum atomic E-state index is -0.724. The lowest BCUT2D eigenvalue weighted by Crippen LogP contribution is -2.12. The van der Waals surface area contributed by atoms with Gasteiger partial charge in [-0.15, -0.1) is 0 Å². The molecule has 0 bridgehead atoms. The largest absolute Gasteiger partial charge is 0.454 e. The number of ketones is 1. The number of aryl methyl sites for hydroxylation is 2. The van der Waals surface area contributed by atoms with Gasteiger partial charge in [0.1, 0.15) is 0 Å². The van der Waals surface area contributed by atoms with E-state index in [1.807, 2.05) is 12.1 Å². The first-order valence-electron chi connectivity index (χ1n) is 8.28. The molecule has 1 aliphatic carbocycles. The van der Waals surface area contributed by atoms with Crippen LogP contribution in [0, 0.1) is 10.1 Å². The number of nitro groups is 1. The molecule has 3 rings (SSSR count). The average molecular weight is 351 g/mol. The standard InChI is InChI=1S/C20H17NO5/c22-19(17-9-8-14-5-3-6-16(14)12-17)13-26-20(23)11-10-15-4-1-2-7-18(15)21(24)25/h1-2,4,7-12H,3,5-6,13H2/b11-10+.